The Bertz CT molecular complexity index is 300. The molecule has 0 radical (unpaired) electrons. The van der Waals surface area contributed by atoms with Gasteiger partial charge in [-0.15, -0.1) is 0 Å². The van der Waals surface area contributed by atoms with Crippen molar-refractivity contribution in [3.8, 4) is 0 Å². The molecule has 1 fully saturated rings. The van der Waals surface area contributed by atoms with E-state index < -0.39 is 8.07 Å². The van der Waals surface area contributed by atoms with Gasteiger partial charge < -0.3 is 14.1 Å². The van der Waals surface area contributed by atoms with Gasteiger partial charge in [-0.05, 0) is 18.2 Å². The third kappa shape index (κ3) is 5.34. The molecule has 0 heterocycles. The van der Waals surface area contributed by atoms with Gasteiger partial charge in [-0.3, -0.25) is 0 Å². The van der Waals surface area contributed by atoms with Crippen molar-refractivity contribution in [1.29, 1.82) is 0 Å². The molecule has 0 amide bonds. The summed E-state index contributed by atoms with van der Waals surface area (Å²) in [5.74, 6) is 1.02. The zero-order valence-electron chi connectivity index (χ0n) is 13.9. The molecule has 0 bridgehead atoms. The van der Waals surface area contributed by atoms with Gasteiger partial charge in [-0.2, -0.15) is 0 Å². The molecule has 1 aliphatic carbocycles. The van der Waals surface area contributed by atoms with Crippen LogP contribution in [0.3, 0.4) is 0 Å². The first-order valence-corrected chi connectivity index (χ1v) is 11.5. The lowest BCUT2D eigenvalue weighted by Gasteiger charge is -2.28. The molecule has 1 saturated carbocycles. The fourth-order valence-electron chi connectivity index (χ4n) is 3.27. The molecule has 0 aromatic heterocycles. The van der Waals surface area contributed by atoms with Crippen LogP contribution in [-0.4, -0.2) is 34.8 Å². The van der Waals surface area contributed by atoms with Gasteiger partial charge in [0, 0.05) is 20.6 Å². The minimum Gasteiger partial charge on any atom is -0.414 e. The Morgan fingerprint density at radius 1 is 1.10 bits per heavy atom. The molecule has 2 unspecified atom stereocenters. The SMILES string of the molecule is COB(OC)C1CCCCCC1CCC(=O)[Si](C)(C)C. The molecular weight excluding hydrogens is 267 g/mol. The van der Waals surface area contributed by atoms with E-state index in [0.717, 1.165) is 19.3 Å². The second-order valence-electron chi connectivity index (χ2n) is 7.11. The first kappa shape index (κ1) is 17.9. The molecule has 0 N–H and O–H groups in total. The number of hydrogen-bond acceptors (Lipinski definition) is 3. The normalized spacial score (nSPS) is 24.2. The highest BCUT2D eigenvalue weighted by Gasteiger charge is 2.36. The van der Waals surface area contributed by atoms with Crippen LogP contribution in [0.1, 0.15) is 44.9 Å². The zero-order valence-corrected chi connectivity index (χ0v) is 14.9. The van der Waals surface area contributed by atoms with Gasteiger partial charge in [0.1, 0.15) is 13.5 Å². The van der Waals surface area contributed by atoms with Crippen LogP contribution in [0.2, 0.25) is 25.5 Å². The predicted octanol–water partition coefficient (Wildman–Crippen LogP) is 3.94. The minimum absolute atomic E-state index is 0.111. The Balaban J connectivity index is 2.64. The molecule has 5 heteroatoms. The van der Waals surface area contributed by atoms with Gasteiger partial charge in [0.25, 0.3) is 0 Å². The first-order chi connectivity index (χ1) is 9.40. The maximum Gasteiger partial charge on any atom is 0.460 e. The van der Waals surface area contributed by atoms with E-state index in [0.29, 0.717) is 17.1 Å². The molecule has 3 nitrogen and oxygen atoms in total. The monoisotopic (exact) mass is 298 g/mol. The zero-order chi connectivity index (χ0) is 15.2. The molecule has 0 aliphatic heterocycles. The Kier molecular flexibility index (Phi) is 7.48. The quantitative estimate of drug-likeness (QED) is 0.527. The van der Waals surface area contributed by atoms with Crippen LogP contribution in [0.5, 0.6) is 0 Å². The molecule has 0 saturated heterocycles. The smallest absolute Gasteiger partial charge is 0.414 e. The van der Waals surface area contributed by atoms with Gasteiger partial charge in [0.15, 0.2) is 0 Å². The van der Waals surface area contributed by atoms with E-state index in [1.54, 1.807) is 14.2 Å². The fraction of sp³-hybridized carbons (Fsp3) is 0.933. The summed E-state index contributed by atoms with van der Waals surface area (Å²) in [4.78, 5) is 12.2. The topological polar surface area (TPSA) is 35.5 Å². The minimum atomic E-state index is -1.62. The van der Waals surface area contributed by atoms with Crippen LogP contribution in [0.4, 0.5) is 0 Å². The average Bonchev–Trinajstić information content (AvgIpc) is 2.62. The second-order valence-corrected chi connectivity index (χ2v) is 12.2. The van der Waals surface area contributed by atoms with Gasteiger partial charge in [0.2, 0.25) is 0 Å². The van der Waals surface area contributed by atoms with E-state index in [9.17, 15) is 4.79 Å². The molecule has 1 aliphatic rings. The maximum absolute atomic E-state index is 12.2. The van der Waals surface area contributed by atoms with Crippen molar-refractivity contribution < 1.29 is 14.1 Å². The summed E-state index contributed by atoms with van der Waals surface area (Å²) >= 11 is 0. The van der Waals surface area contributed by atoms with Gasteiger partial charge in [0.05, 0.1) is 0 Å². The van der Waals surface area contributed by atoms with Crippen LogP contribution in [0.25, 0.3) is 0 Å². The third-order valence-electron chi connectivity index (χ3n) is 4.61. The standard InChI is InChI=1S/C15H31BO3Si/c1-18-16(19-2)14-10-8-6-7-9-13(14)11-12-15(17)20(3,4)5/h13-14H,6-12H2,1-5H3. The summed E-state index contributed by atoms with van der Waals surface area (Å²) < 4.78 is 11.0. The number of hydrogen-bond donors (Lipinski definition) is 0. The lowest BCUT2D eigenvalue weighted by atomic mass is 9.61. The van der Waals surface area contributed by atoms with E-state index >= 15 is 0 Å². The number of carbonyl (C=O) groups excluding carboxylic acids is 1. The highest BCUT2D eigenvalue weighted by atomic mass is 28.3. The van der Waals surface area contributed by atoms with Crippen molar-refractivity contribution >= 4 is 20.6 Å². The van der Waals surface area contributed by atoms with Crippen LogP contribution in [-0.2, 0) is 14.1 Å². The largest absolute Gasteiger partial charge is 0.460 e. The summed E-state index contributed by atoms with van der Waals surface area (Å²) in [5, 5.41) is 0.506. The number of rotatable bonds is 7. The molecule has 1 rings (SSSR count). The fourth-order valence-corrected chi connectivity index (χ4v) is 4.16. The van der Waals surface area contributed by atoms with Crippen LogP contribution in [0, 0.1) is 5.92 Å². The Hall–Kier alpha value is -0.128. The van der Waals surface area contributed by atoms with Gasteiger partial charge in [-0.25, -0.2) is 0 Å². The van der Waals surface area contributed by atoms with Crippen molar-refractivity contribution in [3.05, 3.63) is 0 Å². The summed E-state index contributed by atoms with van der Waals surface area (Å²) in [6.45, 7) is 6.44. The molecule has 2 atom stereocenters. The van der Waals surface area contributed by atoms with Crippen molar-refractivity contribution in [2.75, 3.05) is 14.2 Å². The first-order valence-electron chi connectivity index (χ1n) is 7.99. The Morgan fingerprint density at radius 3 is 2.25 bits per heavy atom. The van der Waals surface area contributed by atoms with Crippen LogP contribution in [0.15, 0.2) is 0 Å². The lowest BCUT2D eigenvalue weighted by molar-refractivity contribution is -0.113. The van der Waals surface area contributed by atoms with E-state index in [2.05, 4.69) is 19.6 Å². The average molecular weight is 298 g/mol. The van der Waals surface area contributed by atoms with E-state index in [1.807, 2.05) is 0 Å². The highest BCUT2D eigenvalue weighted by molar-refractivity contribution is 7.03. The molecule has 0 spiro atoms. The summed E-state index contributed by atoms with van der Waals surface area (Å²) in [7, 11) is 1.72. The molecular formula is C15H31BO3Si. The van der Waals surface area contributed by atoms with Crippen molar-refractivity contribution in [2.24, 2.45) is 5.92 Å². The van der Waals surface area contributed by atoms with Gasteiger partial charge >= 0.3 is 7.12 Å². The van der Waals surface area contributed by atoms with Gasteiger partial charge in [-0.1, -0.05) is 51.7 Å². The van der Waals surface area contributed by atoms with Crippen molar-refractivity contribution in [1.82, 2.24) is 0 Å². The van der Waals surface area contributed by atoms with Crippen molar-refractivity contribution in [3.63, 3.8) is 0 Å². The number of carbonyl (C=O) groups is 1. The molecule has 20 heavy (non-hydrogen) atoms. The maximum atomic E-state index is 12.2. The molecule has 0 aromatic rings. The van der Waals surface area contributed by atoms with E-state index in [1.165, 1.54) is 25.7 Å². The summed E-state index contributed by atoms with van der Waals surface area (Å²) in [6.07, 6.45) is 7.98. The third-order valence-corrected chi connectivity index (χ3v) is 6.53. The lowest BCUT2D eigenvalue weighted by Crippen LogP contribution is -2.35. The van der Waals surface area contributed by atoms with E-state index in [-0.39, 0.29) is 7.12 Å². The molecule has 116 valence electrons. The predicted molar refractivity (Wildman–Crippen MR) is 87.7 cm³/mol. The van der Waals surface area contributed by atoms with Crippen LogP contribution < -0.4 is 0 Å². The van der Waals surface area contributed by atoms with Crippen LogP contribution >= 0.6 is 0 Å². The summed E-state index contributed by atoms with van der Waals surface area (Å²) in [5.41, 5.74) is 0. The second kappa shape index (κ2) is 8.35. The molecule has 0 aromatic carbocycles. The Morgan fingerprint density at radius 2 is 1.70 bits per heavy atom. The highest BCUT2D eigenvalue weighted by Crippen LogP contribution is 2.38. The van der Waals surface area contributed by atoms with Crippen molar-refractivity contribution in [2.45, 2.75) is 70.4 Å². The summed E-state index contributed by atoms with van der Waals surface area (Å²) in [6, 6.07) is 0. The Labute approximate surface area is 126 Å². The van der Waals surface area contributed by atoms with E-state index in [4.69, 9.17) is 9.31 Å².